The van der Waals surface area contributed by atoms with Crippen molar-refractivity contribution in [3.8, 4) is 0 Å². The molecule has 0 aliphatic heterocycles. The summed E-state index contributed by atoms with van der Waals surface area (Å²) in [5.74, 6) is -0.618. The van der Waals surface area contributed by atoms with Crippen molar-refractivity contribution < 1.29 is 9.59 Å². The lowest BCUT2D eigenvalue weighted by atomic mass is 10.0. The third kappa shape index (κ3) is 5.75. The van der Waals surface area contributed by atoms with E-state index in [1.807, 2.05) is 37.3 Å². The minimum Gasteiger partial charge on any atom is -0.347 e. The number of benzene rings is 2. The summed E-state index contributed by atoms with van der Waals surface area (Å²) < 4.78 is 0. The molecule has 23 heavy (non-hydrogen) atoms. The quantitative estimate of drug-likeness (QED) is 0.854. The molecule has 0 spiro atoms. The van der Waals surface area contributed by atoms with Crippen molar-refractivity contribution >= 4 is 29.1 Å². The zero-order valence-corrected chi connectivity index (χ0v) is 13.6. The zero-order valence-electron chi connectivity index (χ0n) is 12.9. The van der Waals surface area contributed by atoms with Gasteiger partial charge in [0.2, 0.25) is 11.8 Å². The van der Waals surface area contributed by atoms with Gasteiger partial charge in [0.25, 0.3) is 0 Å². The Hall–Kier alpha value is -2.33. The first kappa shape index (κ1) is 17.0. The number of hydrogen-bond donors (Lipinski definition) is 2. The summed E-state index contributed by atoms with van der Waals surface area (Å²) in [6.07, 6.45) is 0.601. The topological polar surface area (TPSA) is 58.2 Å². The molecule has 1 atom stereocenters. The van der Waals surface area contributed by atoms with Crippen LogP contribution in [0.1, 0.15) is 12.5 Å². The lowest BCUT2D eigenvalue weighted by molar-refractivity contribution is -0.126. The van der Waals surface area contributed by atoms with Crippen LogP contribution in [0.3, 0.4) is 0 Å². The Kier molecular flexibility index (Phi) is 6.18. The van der Waals surface area contributed by atoms with Gasteiger partial charge in [-0.2, -0.15) is 0 Å². The highest BCUT2D eigenvalue weighted by molar-refractivity contribution is 6.30. The molecule has 0 fully saturated rings. The predicted octanol–water partition coefficient (Wildman–Crippen LogP) is 3.27. The fourth-order valence-electron chi connectivity index (χ4n) is 2.14. The molecule has 0 saturated heterocycles. The van der Waals surface area contributed by atoms with Gasteiger partial charge in [-0.1, -0.05) is 48.9 Å². The summed E-state index contributed by atoms with van der Waals surface area (Å²) in [6, 6.07) is 16.5. The van der Waals surface area contributed by atoms with E-state index in [1.165, 1.54) is 0 Å². The van der Waals surface area contributed by atoms with Gasteiger partial charge in [0.15, 0.2) is 0 Å². The summed E-state index contributed by atoms with van der Waals surface area (Å²) in [5, 5.41) is 6.05. The van der Waals surface area contributed by atoms with Crippen LogP contribution in [0.25, 0.3) is 0 Å². The van der Waals surface area contributed by atoms with Gasteiger partial charge in [0.05, 0.1) is 6.54 Å². The van der Waals surface area contributed by atoms with Gasteiger partial charge in [-0.25, -0.2) is 0 Å². The van der Waals surface area contributed by atoms with Gasteiger partial charge >= 0.3 is 0 Å². The van der Waals surface area contributed by atoms with Gasteiger partial charge in [0, 0.05) is 16.6 Å². The van der Waals surface area contributed by atoms with Crippen LogP contribution in [0.5, 0.6) is 0 Å². The summed E-state index contributed by atoms with van der Waals surface area (Å²) in [5.41, 5.74) is 1.74. The molecule has 0 bridgehead atoms. The second-order valence-electron chi connectivity index (χ2n) is 5.36. The van der Waals surface area contributed by atoms with Gasteiger partial charge < -0.3 is 10.6 Å². The molecule has 4 nitrogen and oxygen atoms in total. The molecule has 0 aliphatic rings. The normalized spacial score (nSPS) is 11.6. The van der Waals surface area contributed by atoms with E-state index in [0.717, 1.165) is 5.56 Å². The van der Waals surface area contributed by atoms with E-state index in [9.17, 15) is 9.59 Å². The molecule has 0 saturated carbocycles. The minimum absolute atomic E-state index is 0.0430. The highest BCUT2D eigenvalue weighted by Crippen LogP contribution is 2.13. The highest BCUT2D eigenvalue weighted by Gasteiger charge is 2.14. The van der Waals surface area contributed by atoms with E-state index >= 15 is 0 Å². The fourth-order valence-corrected chi connectivity index (χ4v) is 2.26. The molecule has 0 heterocycles. The third-order valence-electron chi connectivity index (χ3n) is 3.38. The van der Waals surface area contributed by atoms with E-state index in [0.29, 0.717) is 17.1 Å². The van der Waals surface area contributed by atoms with E-state index in [-0.39, 0.29) is 24.3 Å². The first-order chi connectivity index (χ1) is 11.0. The van der Waals surface area contributed by atoms with Crippen molar-refractivity contribution in [2.45, 2.75) is 13.3 Å². The Balaban J connectivity index is 1.77. The van der Waals surface area contributed by atoms with Crippen molar-refractivity contribution in [2.24, 2.45) is 5.92 Å². The maximum absolute atomic E-state index is 12.1. The molecule has 120 valence electrons. The van der Waals surface area contributed by atoms with Gasteiger partial charge in [0.1, 0.15) is 0 Å². The summed E-state index contributed by atoms with van der Waals surface area (Å²) in [4.78, 5) is 23.8. The lowest BCUT2D eigenvalue weighted by Gasteiger charge is -2.12. The summed E-state index contributed by atoms with van der Waals surface area (Å²) in [7, 11) is 0. The molecule has 2 aromatic carbocycles. The Morgan fingerprint density at radius 2 is 1.70 bits per heavy atom. The number of amides is 2. The van der Waals surface area contributed by atoms with E-state index in [1.54, 1.807) is 24.3 Å². The summed E-state index contributed by atoms with van der Waals surface area (Å²) in [6.45, 7) is 1.79. The maximum atomic E-state index is 12.1. The standard InChI is InChI=1S/C18H19ClN2O2/c1-13(11-14-7-9-15(19)10-8-14)18(23)20-12-17(22)21-16-5-3-2-4-6-16/h2-10,13H,11-12H2,1H3,(H,20,23)(H,21,22). The van der Waals surface area contributed by atoms with Crippen LogP contribution in [0.2, 0.25) is 5.02 Å². The van der Waals surface area contributed by atoms with Crippen LogP contribution in [0.15, 0.2) is 54.6 Å². The van der Waals surface area contributed by atoms with E-state index in [2.05, 4.69) is 10.6 Å². The second kappa shape index (κ2) is 8.34. The Morgan fingerprint density at radius 3 is 2.35 bits per heavy atom. The molecule has 0 aromatic heterocycles. The molecule has 2 rings (SSSR count). The predicted molar refractivity (Wildman–Crippen MR) is 92.4 cm³/mol. The van der Waals surface area contributed by atoms with Crippen LogP contribution in [-0.2, 0) is 16.0 Å². The Morgan fingerprint density at radius 1 is 1.04 bits per heavy atom. The number of hydrogen-bond acceptors (Lipinski definition) is 2. The van der Waals surface area contributed by atoms with Crippen LogP contribution in [0, 0.1) is 5.92 Å². The van der Waals surface area contributed by atoms with Crippen LogP contribution < -0.4 is 10.6 Å². The molecule has 2 amide bonds. The molecule has 5 heteroatoms. The number of halogens is 1. The smallest absolute Gasteiger partial charge is 0.243 e. The molecule has 1 unspecified atom stereocenters. The number of para-hydroxylation sites is 1. The molecular weight excluding hydrogens is 312 g/mol. The molecule has 2 aromatic rings. The molecule has 0 aliphatic carbocycles. The molecule has 0 radical (unpaired) electrons. The average Bonchev–Trinajstić information content (AvgIpc) is 2.55. The largest absolute Gasteiger partial charge is 0.347 e. The van der Waals surface area contributed by atoms with Gasteiger partial charge in [-0.15, -0.1) is 0 Å². The van der Waals surface area contributed by atoms with Crippen LogP contribution in [0.4, 0.5) is 5.69 Å². The first-order valence-electron chi connectivity index (χ1n) is 7.41. The van der Waals surface area contributed by atoms with Crippen molar-refractivity contribution in [3.63, 3.8) is 0 Å². The van der Waals surface area contributed by atoms with Crippen molar-refractivity contribution in [1.82, 2.24) is 5.32 Å². The SMILES string of the molecule is CC(Cc1ccc(Cl)cc1)C(=O)NCC(=O)Nc1ccccc1. The lowest BCUT2D eigenvalue weighted by Crippen LogP contribution is -2.36. The first-order valence-corrected chi connectivity index (χ1v) is 7.79. The van der Waals surface area contributed by atoms with Crippen molar-refractivity contribution in [1.29, 1.82) is 0 Å². The monoisotopic (exact) mass is 330 g/mol. The van der Waals surface area contributed by atoms with Gasteiger partial charge in [-0.3, -0.25) is 9.59 Å². The van der Waals surface area contributed by atoms with E-state index < -0.39 is 0 Å². The van der Waals surface area contributed by atoms with Crippen molar-refractivity contribution in [3.05, 3.63) is 65.2 Å². The minimum atomic E-state index is -0.247. The Bertz CT molecular complexity index is 656. The zero-order chi connectivity index (χ0) is 16.7. The second-order valence-corrected chi connectivity index (χ2v) is 5.80. The number of anilines is 1. The number of nitrogens with one attached hydrogen (secondary N) is 2. The number of carbonyl (C=O) groups excluding carboxylic acids is 2. The summed E-state index contributed by atoms with van der Waals surface area (Å²) >= 11 is 5.84. The molecular formula is C18H19ClN2O2. The van der Waals surface area contributed by atoms with Crippen molar-refractivity contribution in [2.75, 3.05) is 11.9 Å². The average molecular weight is 331 g/mol. The molecule has 2 N–H and O–H groups in total. The van der Waals surface area contributed by atoms with Crippen LogP contribution in [-0.4, -0.2) is 18.4 Å². The third-order valence-corrected chi connectivity index (χ3v) is 3.64. The van der Waals surface area contributed by atoms with Gasteiger partial charge in [-0.05, 0) is 36.2 Å². The van der Waals surface area contributed by atoms with E-state index in [4.69, 9.17) is 11.6 Å². The Labute approximate surface area is 140 Å². The maximum Gasteiger partial charge on any atom is 0.243 e. The number of rotatable bonds is 6. The number of carbonyl (C=O) groups is 2. The van der Waals surface area contributed by atoms with Crippen LogP contribution >= 0.6 is 11.6 Å². The fraction of sp³-hybridized carbons (Fsp3) is 0.222. The highest BCUT2D eigenvalue weighted by atomic mass is 35.5.